The first kappa shape index (κ1) is 25.4. The van der Waals surface area contributed by atoms with Crippen LogP contribution in [0.2, 0.25) is 0 Å². The van der Waals surface area contributed by atoms with Gasteiger partial charge in [-0.25, -0.2) is 0 Å². The highest BCUT2D eigenvalue weighted by Gasteiger charge is 2.23. The van der Waals surface area contributed by atoms with E-state index in [0.717, 1.165) is 11.1 Å². The quantitative estimate of drug-likeness (QED) is 0.627. The van der Waals surface area contributed by atoms with E-state index in [4.69, 9.17) is 4.74 Å². The Bertz CT molecular complexity index is 956. The summed E-state index contributed by atoms with van der Waals surface area (Å²) in [4.78, 5) is 24.6. The molecular weight excluding hydrogens is 400 g/mol. The molecular formula is C27H38N2O3. The van der Waals surface area contributed by atoms with Gasteiger partial charge < -0.3 is 4.74 Å². The maximum atomic E-state index is 12.3. The number of amides is 2. The van der Waals surface area contributed by atoms with Crippen molar-refractivity contribution in [2.75, 3.05) is 6.61 Å². The van der Waals surface area contributed by atoms with E-state index >= 15 is 0 Å². The molecule has 0 saturated heterocycles. The fourth-order valence-corrected chi connectivity index (χ4v) is 3.21. The highest BCUT2D eigenvalue weighted by molar-refractivity contribution is 5.95. The van der Waals surface area contributed by atoms with Gasteiger partial charge in [0.2, 0.25) is 0 Å². The summed E-state index contributed by atoms with van der Waals surface area (Å²) in [5.41, 5.74) is 8.64. The highest BCUT2D eigenvalue weighted by Crippen LogP contribution is 2.35. The number of hydrogen-bond acceptors (Lipinski definition) is 3. The lowest BCUT2D eigenvalue weighted by atomic mass is 9.80. The van der Waals surface area contributed by atoms with Crippen LogP contribution in [0.25, 0.3) is 0 Å². The van der Waals surface area contributed by atoms with E-state index in [2.05, 4.69) is 79.2 Å². The summed E-state index contributed by atoms with van der Waals surface area (Å²) in [6.45, 7) is 19.0. The van der Waals surface area contributed by atoms with Crippen LogP contribution in [0.1, 0.15) is 89.4 Å². The first-order valence-electron chi connectivity index (χ1n) is 11.1. The molecule has 0 heterocycles. The average molecular weight is 439 g/mol. The number of benzene rings is 2. The first-order valence-corrected chi connectivity index (χ1v) is 11.1. The van der Waals surface area contributed by atoms with Crippen LogP contribution in [0, 0.1) is 0 Å². The molecule has 0 unspecified atom stereocenters. The highest BCUT2D eigenvalue weighted by atomic mass is 16.5. The second-order valence-corrected chi connectivity index (χ2v) is 11.3. The van der Waals surface area contributed by atoms with Crippen molar-refractivity contribution < 1.29 is 14.3 Å². The van der Waals surface area contributed by atoms with E-state index in [1.54, 1.807) is 12.1 Å². The zero-order valence-corrected chi connectivity index (χ0v) is 21.0. The molecule has 5 nitrogen and oxygen atoms in total. The molecule has 174 valence electrons. The molecule has 0 aliphatic heterocycles. The van der Waals surface area contributed by atoms with Crippen molar-refractivity contribution >= 4 is 11.8 Å². The van der Waals surface area contributed by atoms with Gasteiger partial charge in [-0.15, -0.1) is 0 Å². The van der Waals surface area contributed by atoms with E-state index in [-0.39, 0.29) is 28.8 Å². The lowest BCUT2D eigenvalue weighted by molar-refractivity contribution is -0.123. The second-order valence-electron chi connectivity index (χ2n) is 11.3. The molecule has 0 atom stereocenters. The molecule has 32 heavy (non-hydrogen) atoms. The predicted octanol–water partition coefficient (Wildman–Crippen LogP) is 5.42. The van der Waals surface area contributed by atoms with Gasteiger partial charge in [-0.05, 0) is 51.1 Å². The van der Waals surface area contributed by atoms with E-state index < -0.39 is 5.91 Å². The normalized spacial score (nSPS) is 12.3. The summed E-state index contributed by atoms with van der Waals surface area (Å²) in [6, 6.07) is 13.5. The number of carbonyl (C=O) groups excluding carboxylic acids is 2. The average Bonchev–Trinajstić information content (AvgIpc) is 2.68. The monoisotopic (exact) mass is 438 g/mol. The Balaban J connectivity index is 1.99. The number of hydrogen-bond donors (Lipinski definition) is 2. The molecule has 0 spiro atoms. The standard InChI is InChI=1S/C27H38N2O3/c1-25(2,3)19-12-10-18(11-13-19)24(31)29-28-23(30)17-32-22-15-14-20(26(4,5)6)16-21(22)27(7,8)9/h10-16H,17H2,1-9H3,(H,28,30)(H,29,31). The van der Waals surface area contributed by atoms with Gasteiger partial charge in [-0.3, -0.25) is 20.4 Å². The number of nitrogens with one attached hydrogen (secondary N) is 2. The number of rotatable bonds is 4. The van der Waals surface area contributed by atoms with Gasteiger partial charge in [0.15, 0.2) is 6.61 Å². The van der Waals surface area contributed by atoms with Crippen molar-refractivity contribution in [1.82, 2.24) is 10.9 Å². The van der Waals surface area contributed by atoms with Gasteiger partial charge in [-0.2, -0.15) is 0 Å². The van der Waals surface area contributed by atoms with Crippen molar-refractivity contribution in [3.8, 4) is 5.75 Å². The maximum Gasteiger partial charge on any atom is 0.276 e. The Labute approximate surface area is 192 Å². The predicted molar refractivity (Wildman–Crippen MR) is 130 cm³/mol. The Morgan fingerprint density at radius 1 is 0.719 bits per heavy atom. The summed E-state index contributed by atoms with van der Waals surface area (Å²) < 4.78 is 5.82. The number of ether oxygens (including phenoxy) is 1. The number of hydrazine groups is 1. The van der Waals surface area contributed by atoms with E-state index in [1.165, 1.54) is 5.56 Å². The Kier molecular flexibility index (Phi) is 7.44. The first-order chi connectivity index (χ1) is 14.6. The van der Waals surface area contributed by atoms with Crippen LogP contribution < -0.4 is 15.6 Å². The molecule has 0 bridgehead atoms. The van der Waals surface area contributed by atoms with Crippen molar-refractivity contribution in [1.29, 1.82) is 0 Å². The van der Waals surface area contributed by atoms with Gasteiger partial charge in [0.05, 0.1) is 0 Å². The third-order valence-electron chi connectivity index (χ3n) is 5.34. The lowest BCUT2D eigenvalue weighted by Crippen LogP contribution is -2.43. The van der Waals surface area contributed by atoms with Crippen molar-refractivity contribution in [3.05, 3.63) is 64.7 Å². The van der Waals surface area contributed by atoms with Crippen LogP contribution in [0.5, 0.6) is 5.75 Å². The van der Waals surface area contributed by atoms with Crippen molar-refractivity contribution in [2.24, 2.45) is 0 Å². The number of carbonyl (C=O) groups is 2. The Morgan fingerprint density at radius 3 is 1.75 bits per heavy atom. The Morgan fingerprint density at radius 2 is 1.25 bits per heavy atom. The second kappa shape index (κ2) is 9.35. The Hall–Kier alpha value is -2.82. The van der Waals surface area contributed by atoms with Crippen LogP contribution in [-0.2, 0) is 21.0 Å². The molecule has 0 aliphatic carbocycles. The topological polar surface area (TPSA) is 67.4 Å². The van der Waals surface area contributed by atoms with Gasteiger partial charge >= 0.3 is 0 Å². The molecule has 2 amide bonds. The minimum absolute atomic E-state index is 0.0115. The van der Waals surface area contributed by atoms with Crippen LogP contribution in [0.4, 0.5) is 0 Å². The molecule has 0 aromatic heterocycles. The van der Waals surface area contributed by atoms with Gasteiger partial charge in [0, 0.05) is 5.56 Å². The molecule has 0 aliphatic rings. The molecule has 0 fully saturated rings. The lowest BCUT2D eigenvalue weighted by Gasteiger charge is -2.27. The fourth-order valence-electron chi connectivity index (χ4n) is 3.21. The van der Waals surface area contributed by atoms with Gasteiger partial charge in [-0.1, -0.05) is 86.6 Å². The molecule has 0 saturated carbocycles. The summed E-state index contributed by atoms with van der Waals surface area (Å²) in [6.07, 6.45) is 0. The van der Waals surface area contributed by atoms with Crippen molar-refractivity contribution in [2.45, 2.75) is 78.6 Å². The molecule has 0 radical (unpaired) electrons. The third-order valence-corrected chi connectivity index (χ3v) is 5.34. The smallest absolute Gasteiger partial charge is 0.276 e. The van der Waals surface area contributed by atoms with Crippen LogP contribution >= 0.6 is 0 Å². The zero-order chi connectivity index (χ0) is 24.3. The third kappa shape index (κ3) is 6.84. The molecule has 2 aromatic carbocycles. The molecule has 5 heteroatoms. The van der Waals surface area contributed by atoms with Crippen LogP contribution in [0.15, 0.2) is 42.5 Å². The van der Waals surface area contributed by atoms with Crippen LogP contribution in [-0.4, -0.2) is 18.4 Å². The summed E-state index contributed by atoms with van der Waals surface area (Å²) in [7, 11) is 0. The minimum Gasteiger partial charge on any atom is -0.483 e. The minimum atomic E-state index is -0.426. The van der Waals surface area contributed by atoms with E-state index in [1.807, 2.05) is 24.3 Å². The summed E-state index contributed by atoms with van der Waals surface area (Å²) in [5.74, 6) is -0.127. The molecule has 2 aromatic rings. The van der Waals surface area contributed by atoms with Crippen LogP contribution in [0.3, 0.4) is 0 Å². The van der Waals surface area contributed by atoms with Gasteiger partial charge in [0.25, 0.3) is 11.8 Å². The molecule has 2 rings (SSSR count). The fraction of sp³-hybridized carbons (Fsp3) is 0.481. The molecule has 2 N–H and O–H groups in total. The van der Waals surface area contributed by atoms with Crippen molar-refractivity contribution in [3.63, 3.8) is 0 Å². The SMILES string of the molecule is CC(C)(C)c1ccc(C(=O)NNC(=O)COc2ccc(C(C)(C)C)cc2C(C)(C)C)cc1. The summed E-state index contributed by atoms with van der Waals surface area (Å²) in [5, 5.41) is 0. The largest absolute Gasteiger partial charge is 0.483 e. The zero-order valence-electron chi connectivity index (χ0n) is 21.0. The van der Waals surface area contributed by atoms with E-state index in [9.17, 15) is 9.59 Å². The maximum absolute atomic E-state index is 12.3. The van der Waals surface area contributed by atoms with E-state index in [0.29, 0.717) is 11.3 Å². The summed E-state index contributed by atoms with van der Waals surface area (Å²) >= 11 is 0. The van der Waals surface area contributed by atoms with Gasteiger partial charge in [0.1, 0.15) is 5.75 Å².